The Morgan fingerprint density at radius 3 is 2.83 bits per heavy atom. The van der Waals surface area contributed by atoms with E-state index in [0.717, 1.165) is 15.2 Å². The van der Waals surface area contributed by atoms with Gasteiger partial charge in [-0.15, -0.1) is 11.3 Å². The van der Waals surface area contributed by atoms with Gasteiger partial charge < -0.3 is 18.6 Å². The van der Waals surface area contributed by atoms with E-state index in [4.69, 9.17) is 18.6 Å². The Labute approximate surface area is 173 Å². The third-order valence-electron chi connectivity index (χ3n) is 4.65. The molecule has 0 radical (unpaired) electrons. The number of hydrogen-bond acceptors (Lipinski definition) is 8. The summed E-state index contributed by atoms with van der Waals surface area (Å²) >= 11 is 1.55. The summed E-state index contributed by atoms with van der Waals surface area (Å²) in [6, 6.07) is 16.8. The molecular weight excluding hydrogens is 404 g/mol. The minimum atomic E-state index is -0.541. The van der Waals surface area contributed by atoms with Crippen molar-refractivity contribution in [1.82, 2.24) is 4.98 Å². The highest BCUT2D eigenvalue weighted by Crippen LogP contribution is 2.34. The fourth-order valence-electron chi connectivity index (χ4n) is 3.22. The van der Waals surface area contributed by atoms with E-state index in [-0.39, 0.29) is 18.4 Å². The van der Waals surface area contributed by atoms with Gasteiger partial charge in [0.15, 0.2) is 28.0 Å². The molecule has 0 atom stereocenters. The van der Waals surface area contributed by atoms with Crippen LogP contribution >= 0.6 is 11.3 Å². The average molecular weight is 416 g/mol. The Hall–Kier alpha value is -3.91. The molecular formula is C22H12N2O5S. The van der Waals surface area contributed by atoms with Crippen LogP contribution in [0.25, 0.3) is 27.1 Å². The van der Waals surface area contributed by atoms with Crippen molar-refractivity contribution in [2.24, 2.45) is 4.99 Å². The zero-order chi connectivity index (χ0) is 20.1. The topological polar surface area (TPSA) is 83.2 Å². The number of rotatable bonds is 3. The Balaban J connectivity index is 1.30. The van der Waals surface area contributed by atoms with Crippen molar-refractivity contribution >= 4 is 39.5 Å². The van der Waals surface area contributed by atoms with E-state index < -0.39 is 5.97 Å². The molecule has 0 N–H and O–H groups in total. The van der Waals surface area contributed by atoms with E-state index >= 15 is 0 Å². The number of thiazole rings is 1. The second-order valence-corrected chi connectivity index (χ2v) is 7.62. The van der Waals surface area contributed by atoms with Crippen LogP contribution in [0.1, 0.15) is 11.3 Å². The zero-order valence-corrected chi connectivity index (χ0v) is 16.1. The molecule has 30 heavy (non-hydrogen) atoms. The third kappa shape index (κ3) is 2.85. The smallest absolute Gasteiger partial charge is 0.363 e. The highest BCUT2D eigenvalue weighted by atomic mass is 32.1. The minimum Gasteiger partial charge on any atom is -0.454 e. The summed E-state index contributed by atoms with van der Waals surface area (Å²) in [5, 5.41) is 0.777. The van der Waals surface area contributed by atoms with E-state index in [1.54, 1.807) is 41.7 Å². The molecule has 2 aliphatic rings. The number of aliphatic imine (C=N–C) groups is 1. The second kappa shape index (κ2) is 6.57. The van der Waals surface area contributed by atoms with Crippen molar-refractivity contribution < 1.29 is 23.4 Å². The van der Waals surface area contributed by atoms with Crippen molar-refractivity contribution in [3.63, 3.8) is 0 Å². The fraction of sp³-hybridized carbons (Fsp3) is 0.0455. The van der Waals surface area contributed by atoms with Crippen LogP contribution in [0.2, 0.25) is 0 Å². The molecule has 0 amide bonds. The molecule has 0 saturated heterocycles. The van der Waals surface area contributed by atoms with Gasteiger partial charge in [0.05, 0.1) is 10.2 Å². The van der Waals surface area contributed by atoms with Gasteiger partial charge >= 0.3 is 5.97 Å². The van der Waals surface area contributed by atoms with Gasteiger partial charge in [-0.3, -0.25) is 0 Å². The van der Waals surface area contributed by atoms with Gasteiger partial charge in [-0.25, -0.2) is 14.8 Å². The van der Waals surface area contributed by atoms with Crippen molar-refractivity contribution in [2.75, 3.05) is 6.79 Å². The van der Waals surface area contributed by atoms with Gasteiger partial charge in [0, 0.05) is 11.6 Å². The number of benzene rings is 2. The molecule has 7 nitrogen and oxygen atoms in total. The number of nitrogens with zero attached hydrogens (tertiary/aromatic N) is 2. The number of carbonyl (C=O) groups excluding carboxylic acids is 1. The van der Waals surface area contributed by atoms with E-state index in [1.165, 1.54) is 0 Å². The van der Waals surface area contributed by atoms with Crippen LogP contribution in [0.3, 0.4) is 0 Å². The van der Waals surface area contributed by atoms with E-state index in [0.29, 0.717) is 28.6 Å². The van der Waals surface area contributed by atoms with E-state index in [9.17, 15) is 4.79 Å². The Bertz CT molecular complexity index is 1350. The predicted molar refractivity (Wildman–Crippen MR) is 110 cm³/mol. The number of hydrogen-bond donors (Lipinski definition) is 0. The first kappa shape index (κ1) is 17.0. The normalized spacial score (nSPS) is 16.3. The number of furan rings is 1. The largest absolute Gasteiger partial charge is 0.454 e. The lowest BCUT2D eigenvalue weighted by Gasteiger charge is -2.01. The molecule has 0 saturated carbocycles. The van der Waals surface area contributed by atoms with Gasteiger partial charge in [0.2, 0.25) is 12.7 Å². The quantitative estimate of drug-likeness (QED) is 0.358. The molecule has 8 heteroatoms. The summed E-state index contributed by atoms with van der Waals surface area (Å²) in [6.45, 7) is 0.172. The van der Waals surface area contributed by atoms with Crippen molar-refractivity contribution in [3.05, 3.63) is 71.6 Å². The summed E-state index contributed by atoms with van der Waals surface area (Å²) in [6.07, 6.45) is 1.55. The summed E-state index contributed by atoms with van der Waals surface area (Å²) in [5.41, 5.74) is 1.71. The second-order valence-electron chi connectivity index (χ2n) is 6.59. The molecule has 2 aliphatic heterocycles. The molecule has 0 fully saturated rings. The number of ether oxygens (including phenoxy) is 3. The number of para-hydroxylation sites is 1. The van der Waals surface area contributed by atoms with Crippen molar-refractivity contribution in [1.29, 1.82) is 0 Å². The minimum absolute atomic E-state index is 0.160. The van der Waals surface area contributed by atoms with Crippen LogP contribution in [0, 0.1) is 0 Å². The van der Waals surface area contributed by atoms with E-state index in [2.05, 4.69) is 9.98 Å². The van der Waals surface area contributed by atoms with Crippen LogP contribution in [0.4, 0.5) is 0 Å². The van der Waals surface area contributed by atoms with Gasteiger partial charge in [-0.05, 0) is 42.5 Å². The summed E-state index contributed by atoms with van der Waals surface area (Å²) in [7, 11) is 0. The fourth-order valence-corrected chi connectivity index (χ4v) is 4.15. The first-order valence-electron chi connectivity index (χ1n) is 9.11. The van der Waals surface area contributed by atoms with Gasteiger partial charge in [-0.1, -0.05) is 12.1 Å². The lowest BCUT2D eigenvalue weighted by molar-refractivity contribution is -0.129. The Morgan fingerprint density at radius 1 is 1.00 bits per heavy atom. The maximum Gasteiger partial charge on any atom is 0.363 e. The first-order valence-corrected chi connectivity index (χ1v) is 9.93. The maximum absolute atomic E-state index is 12.3. The molecule has 2 aromatic heterocycles. The molecule has 4 aromatic rings. The summed E-state index contributed by atoms with van der Waals surface area (Å²) in [5.74, 6) is 2.04. The van der Waals surface area contributed by atoms with Crippen LogP contribution < -0.4 is 9.47 Å². The van der Waals surface area contributed by atoms with Crippen molar-refractivity contribution in [2.45, 2.75) is 0 Å². The number of aromatic nitrogens is 1. The first-order chi connectivity index (χ1) is 14.7. The molecule has 0 unspecified atom stereocenters. The van der Waals surface area contributed by atoms with E-state index in [1.807, 2.05) is 30.3 Å². The molecule has 146 valence electrons. The predicted octanol–water partition coefficient (Wildman–Crippen LogP) is 4.63. The standard InChI is InChI=1S/C22H12N2O5S/c25-22-15(23-20(29-22)12-5-7-16-18(9-12)27-11-26-16)10-13-6-8-17(28-13)21-24-14-3-1-2-4-19(14)30-21/h1-10H,11H2. The van der Waals surface area contributed by atoms with Gasteiger partial charge in [-0.2, -0.15) is 0 Å². The zero-order valence-electron chi connectivity index (χ0n) is 15.3. The molecule has 0 bridgehead atoms. The number of esters is 1. The number of fused-ring (bicyclic) bond motifs is 2. The molecule has 0 spiro atoms. The van der Waals surface area contributed by atoms with Crippen LogP contribution in [-0.4, -0.2) is 23.6 Å². The highest BCUT2D eigenvalue weighted by Gasteiger charge is 2.26. The maximum atomic E-state index is 12.3. The van der Waals surface area contributed by atoms with Crippen LogP contribution in [0.5, 0.6) is 11.5 Å². The molecule has 2 aromatic carbocycles. The monoisotopic (exact) mass is 416 g/mol. The highest BCUT2D eigenvalue weighted by molar-refractivity contribution is 7.21. The van der Waals surface area contributed by atoms with Gasteiger partial charge in [0.1, 0.15) is 5.76 Å². The number of cyclic esters (lactones) is 1. The molecule has 0 aliphatic carbocycles. The van der Waals surface area contributed by atoms with Crippen LogP contribution in [0.15, 0.2) is 69.7 Å². The Kier molecular flexibility index (Phi) is 3.72. The van der Waals surface area contributed by atoms with Crippen molar-refractivity contribution in [3.8, 4) is 22.3 Å². The average Bonchev–Trinajstić information content (AvgIpc) is 3.54. The third-order valence-corrected chi connectivity index (χ3v) is 5.70. The van der Waals surface area contributed by atoms with Crippen LogP contribution in [-0.2, 0) is 9.53 Å². The molecule has 6 rings (SSSR count). The van der Waals surface area contributed by atoms with Gasteiger partial charge in [0.25, 0.3) is 0 Å². The Morgan fingerprint density at radius 2 is 1.90 bits per heavy atom. The molecule has 4 heterocycles. The lowest BCUT2D eigenvalue weighted by atomic mass is 10.2. The lowest BCUT2D eigenvalue weighted by Crippen LogP contribution is -2.05. The SMILES string of the molecule is O=C1OC(c2ccc3c(c2)OCO3)=NC1=Cc1ccc(-c2nc3ccccc3s2)o1. The number of carbonyl (C=O) groups is 1. The summed E-state index contributed by atoms with van der Waals surface area (Å²) < 4.78 is 22.9. The summed E-state index contributed by atoms with van der Waals surface area (Å²) in [4.78, 5) is 21.2.